The fraction of sp³-hybridized carbons (Fsp3) is 0.824. The molecule has 0 aliphatic carbocycles. The van der Waals surface area contributed by atoms with Gasteiger partial charge in [-0.2, -0.15) is 0 Å². The fourth-order valence-electron chi connectivity index (χ4n) is 3.23. The predicted molar refractivity (Wildman–Crippen MR) is 98.2 cm³/mol. The van der Waals surface area contributed by atoms with Crippen molar-refractivity contribution in [1.82, 2.24) is 30.3 Å². The molecular weight excluding hydrogens is 302 g/mol. The molecule has 24 heavy (non-hydrogen) atoms. The number of aryl methyl sites for hydroxylation is 1. The Labute approximate surface area is 145 Å². The molecule has 0 saturated carbocycles. The number of rotatable bonds is 7. The number of hydrogen-bond donors (Lipinski definition) is 2. The van der Waals surface area contributed by atoms with Gasteiger partial charge in [-0.25, -0.2) is 0 Å². The number of nitrogens with zero attached hydrogens (tertiary/aromatic N) is 5. The number of aromatic nitrogens is 3. The van der Waals surface area contributed by atoms with Crippen LogP contribution in [0.4, 0.5) is 0 Å². The van der Waals surface area contributed by atoms with Crippen LogP contribution in [0, 0.1) is 5.92 Å². The van der Waals surface area contributed by atoms with E-state index in [0.29, 0.717) is 12.0 Å². The Morgan fingerprint density at radius 2 is 2.25 bits per heavy atom. The van der Waals surface area contributed by atoms with E-state index in [1.165, 1.54) is 25.9 Å². The van der Waals surface area contributed by atoms with Gasteiger partial charge in [-0.3, -0.25) is 4.99 Å². The van der Waals surface area contributed by atoms with E-state index in [0.717, 1.165) is 37.8 Å². The Balaban J connectivity index is 1.70. The minimum atomic E-state index is 0.641. The van der Waals surface area contributed by atoms with Gasteiger partial charge in [0.1, 0.15) is 12.2 Å². The minimum absolute atomic E-state index is 0.641. The predicted octanol–water partition coefficient (Wildman–Crippen LogP) is 1.13. The lowest BCUT2D eigenvalue weighted by atomic mass is 9.97. The third-order valence-corrected chi connectivity index (χ3v) is 4.72. The van der Waals surface area contributed by atoms with Crippen LogP contribution in [0.15, 0.2) is 11.3 Å². The van der Waals surface area contributed by atoms with Gasteiger partial charge in [0, 0.05) is 45.7 Å². The second-order valence-electron chi connectivity index (χ2n) is 6.77. The Kier molecular flexibility index (Phi) is 7.49. The maximum Gasteiger partial charge on any atom is 0.191 e. The Morgan fingerprint density at radius 1 is 1.42 bits per heavy atom. The molecule has 1 saturated heterocycles. The van der Waals surface area contributed by atoms with Crippen LogP contribution in [0.3, 0.4) is 0 Å². The zero-order chi connectivity index (χ0) is 17.4. The summed E-state index contributed by atoms with van der Waals surface area (Å²) < 4.78 is 2.09. The summed E-state index contributed by atoms with van der Waals surface area (Å²) in [6.07, 6.45) is 5.29. The molecule has 1 unspecified atom stereocenters. The first-order valence-corrected chi connectivity index (χ1v) is 9.19. The molecule has 1 atom stereocenters. The summed E-state index contributed by atoms with van der Waals surface area (Å²) >= 11 is 0. The van der Waals surface area contributed by atoms with Gasteiger partial charge in [0.25, 0.3) is 0 Å². The quantitative estimate of drug-likeness (QED) is 0.577. The van der Waals surface area contributed by atoms with Crippen molar-refractivity contribution in [2.45, 2.75) is 52.6 Å². The molecule has 1 aromatic rings. The van der Waals surface area contributed by atoms with E-state index in [1.54, 1.807) is 6.33 Å². The molecule has 1 aromatic heterocycles. The molecule has 1 fully saturated rings. The SMILES string of the molecule is CCc1nncn1CCNC(=NC)NCC1CCCN(C(C)C)C1. The number of hydrogen-bond acceptors (Lipinski definition) is 4. The summed E-state index contributed by atoms with van der Waals surface area (Å²) in [5, 5.41) is 14.9. The molecule has 1 aliphatic rings. The zero-order valence-corrected chi connectivity index (χ0v) is 15.6. The van der Waals surface area contributed by atoms with Crippen LogP contribution in [0.5, 0.6) is 0 Å². The second-order valence-corrected chi connectivity index (χ2v) is 6.77. The van der Waals surface area contributed by atoms with E-state index in [9.17, 15) is 0 Å². The van der Waals surface area contributed by atoms with Crippen molar-refractivity contribution in [2.24, 2.45) is 10.9 Å². The van der Waals surface area contributed by atoms with Gasteiger partial charge in [-0.05, 0) is 39.2 Å². The van der Waals surface area contributed by atoms with E-state index < -0.39 is 0 Å². The van der Waals surface area contributed by atoms with Crippen LogP contribution in [0.2, 0.25) is 0 Å². The number of aliphatic imine (C=N–C) groups is 1. The topological polar surface area (TPSA) is 70.4 Å². The van der Waals surface area contributed by atoms with E-state index >= 15 is 0 Å². The highest BCUT2D eigenvalue weighted by Crippen LogP contribution is 2.17. The number of likely N-dealkylation sites (tertiary alicyclic amines) is 1. The number of piperidine rings is 1. The van der Waals surface area contributed by atoms with Crippen molar-refractivity contribution >= 4 is 5.96 Å². The maximum atomic E-state index is 4.33. The number of nitrogens with one attached hydrogen (secondary N) is 2. The van der Waals surface area contributed by atoms with Crippen molar-refractivity contribution in [3.8, 4) is 0 Å². The van der Waals surface area contributed by atoms with Gasteiger partial charge < -0.3 is 20.1 Å². The lowest BCUT2D eigenvalue weighted by Gasteiger charge is -2.35. The maximum absolute atomic E-state index is 4.33. The van der Waals surface area contributed by atoms with Crippen LogP contribution >= 0.6 is 0 Å². The summed E-state index contributed by atoms with van der Waals surface area (Å²) in [4.78, 5) is 6.90. The smallest absolute Gasteiger partial charge is 0.191 e. The molecule has 1 aliphatic heterocycles. The first-order chi connectivity index (χ1) is 11.6. The lowest BCUT2D eigenvalue weighted by Crippen LogP contribution is -2.46. The molecule has 0 radical (unpaired) electrons. The summed E-state index contributed by atoms with van der Waals surface area (Å²) in [7, 11) is 1.83. The van der Waals surface area contributed by atoms with E-state index in [-0.39, 0.29) is 0 Å². The highest BCUT2D eigenvalue weighted by atomic mass is 15.3. The highest BCUT2D eigenvalue weighted by molar-refractivity contribution is 5.79. The van der Waals surface area contributed by atoms with Gasteiger partial charge in [0.15, 0.2) is 5.96 Å². The largest absolute Gasteiger partial charge is 0.356 e. The first-order valence-electron chi connectivity index (χ1n) is 9.19. The van der Waals surface area contributed by atoms with Gasteiger partial charge >= 0.3 is 0 Å². The fourth-order valence-corrected chi connectivity index (χ4v) is 3.23. The van der Waals surface area contributed by atoms with Crippen molar-refractivity contribution < 1.29 is 0 Å². The molecule has 2 N–H and O–H groups in total. The van der Waals surface area contributed by atoms with Crippen LogP contribution in [0.25, 0.3) is 0 Å². The Morgan fingerprint density at radius 3 is 2.96 bits per heavy atom. The summed E-state index contributed by atoms with van der Waals surface area (Å²) in [6, 6.07) is 0.641. The Hall–Kier alpha value is -1.63. The van der Waals surface area contributed by atoms with E-state index in [2.05, 4.69) is 56.1 Å². The molecular formula is C17H33N7. The van der Waals surface area contributed by atoms with Crippen LogP contribution in [-0.4, -0.2) is 64.9 Å². The van der Waals surface area contributed by atoms with Crippen molar-refractivity contribution in [3.05, 3.63) is 12.2 Å². The third kappa shape index (κ3) is 5.47. The van der Waals surface area contributed by atoms with Crippen LogP contribution < -0.4 is 10.6 Å². The molecule has 0 bridgehead atoms. The monoisotopic (exact) mass is 335 g/mol. The van der Waals surface area contributed by atoms with Crippen LogP contribution in [-0.2, 0) is 13.0 Å². The van der Waals surface area contributed by atoms with E-state index in [4.69, 9.17) is 0 Å². The van der Waals surface area contributed by atoms with Gasteiger partial charge in [0.05, 0.1) is 0 Å². The molecule has 0 aromatic carbocycles. The molecule has 0 spiro atoms. The molecule has 0 amide bonds. The number of guanidine groups is 1. The third-order valence-electron chi connectivity index (χ3n) is 4.72. The minimum Gasteiger partial charge on any atom is -0.356 e. The van der Waals surface area contributed by atoms with E-state index in [1.807, 2.05) is 7.05 Å². The molecule has 2 heterocycles. The summed E-state index contributed by atoms with van der Waals surface area (Å²) in [6.45, 7) is 11.7. The average Bonchev–Trinajstić information content (AvgIpc) is 3.05. The van der Waals surface area contributed by atoms with Crippen LogP contribution in [0.1, 0.15) is 39.4 Å². The normalized spacial score (nSPS) is 19.7. The van der Waals surface area contributed by atoms with Crippen molar-refractivity contribution in [3.63, 3.8) is 0 Å². The van der Waals surface area contributed by atoms with Gasteiger partial charge in [-0.15, -0.1) is 10.2 Å². The summed E-state index contributed by atoms with van der Waals surface area (Å²) in [5.74, 6) is 2.60. The van der Waals surface area contributed by atoms with Crippen molar-refractivity contribution in [1.29, 1.82) is 0 Å². The second kappa shape index (κ2) is 9.61. The van der Waals surface area contributed by atoms with Gasteiger partial charge in [-0.1, -0.05) is 6.92 Å². The Bertz CT molecular complexity index is 509. The highest BCUT2D eigenvalue weighted by Gasteiger charge is 2.21. The molecule has 136 valence electrons. The van der Waals surface area contributed by atoms with Gasteiger partial charge in [0.2, 0.25) is 0 Å². The molecule has 2 rings (SSSR count). The lowest BCUT2D eigenvalue weighted by molar-refractivity contribution is 0.141. The molecule has 7 heteroatoms. The first kappa shape index (κ1) is 18.7. The standard InChI is InChI=1S/C17H33N7/c1-5-16-22-21-13-24(16)10-8-19-17(18-4)20-11-15-7-6-9-23(12-15)14(2)3/h13-15H,5-12H2,1-4H3,(H2,18,19,20). The summed E-state index contributed by atoms with van der Waals surface area (Å²) in [5.41, 5.74) is 0. The zero-order valence-electron chi connectivity index (χ0n) is 15.6. The molecule has 7 nitrogen and oxygen atoms in total. The van der Waals surface area contributed by atoms with Crippen molar-refractivity contribution in [2.75, 3.05) is 33.2 Å². The average molecular weight is 336 g/mol.